The van der Waals surface area contributed by atoms with E-state index < -0.39 is 5.41 Å². The van der Waals surface area contributed by atoms with Gasteiger partial charge in [0.25, 0.3) is 0 Å². The van der Waals surface area contributed by atoms with Gasteiger partial charge in [-0.05, 0) is 109 Å². The van der Waals surface area contributed by atoms with Gasteiger partial charge in [0.1, 0.15) is 0 Å². The SMILES string of the molecule is c1ccc(C2(c3ccccc3)c3ccccc3N(c3ccc4c(ccc5c6ccc(-c7cccc8nc9ccccc9nc78)cc6ccc45)c3)c3ccccc32)cc1. The third kappa shape index (κ3) is 4.74. The summed E-state index contributed by atoms with van der Waals surface area (Å²) in [7, 11) is 0. The fourth-order valence-electron chi connectivity index (χ4n) is 9.75. The van der Waals surface area contributed by atoms with Crippen LogP contribution in [0.15, 0.2) is 212 Å². The summed E-state index contributed by atoms with van der Waals surface area (Å²) in [4.78, 5) is 12.4. The Labute approximate surface area is 336 Å². The quantitative estimate of drug-likeness (QED) is 0.133. The van der Waals surface area contributed by atoms with Gasteiger partial charge in [-0.15, -0.1) is 0 Å². The highest BCUT2D eigenvalue weighted by atomic mass is 15.2. The Balaban J connectivity index is 0.995. The van der Waals surface area contributed by atoms with Crippen molar-refractivity contribution in [3.63, 3.8) is 0 Å². The Morgan fingerprint density at radius 3 is 1.53 bits per heavy atom. The molecule has 1 aliphatic rings. The third-order valence-electron chi connectivity index (χ3n) is 12.3. The molecule has 0 saturated carbocycles. The van der Waals surface area contributed by atoms with Crippen LogP contribution in [0.25, 0.3) is 65.5 Å². The van der Waals surface area contributed by atoms with E-state index in [1.165, 1.54) is 65.9 Å². The van der Waals surface area contributed by atoms with Crippen molar-refractivity contribution in [3.8, 4) is 11.1 Å². The van der Waals surface area contributed by atoms with E-state index in [9.17, 15) is 0 Å². The van der Waals surface area contributed by atoms with E-state index in [2.05, 4.69) is 193 Å². The topological polar surface area (TPSA) is 29.0 Å². The Hall–Kier alpha value is -7.62. The van der Waals surface area contributed by atoms with Gasteiger partial charge in [-0.25, -0.2) is 9.97 Å². The van der Waals surface area contributed by atoms with Gasteiger partial charge in [-0.3, -0.25) is 0 Å². The van der Waals surface area contributed by atoms with Crippen molar-refractivity contribution >= 4 is 71.4 Å². The fourth-order valence-corrected chi connectivity index (χ4v) is 9.75. The Morgan fingerprint density at radius 1 is 0.362 bits per heavy atom. The molecule has 270 valence electrons. The monoisotopic (exact) mass is 737 g/mol. The summed E-state index contributed by atoms with van der Waals surface area (Å²) in [6.07, 6.45) is 0. The minimum Gasteiger partial charge on any atom is -0.310 e. The second kappa shape index (κ2) is 12.7. The standard InChI is InChI=1S/C55H35N3/c1-3-14-39(15-4-1)55(40-16-5-2-6-17-40)47-19-7-11-24-52(47)58(53-25-12-8-20-48(53)55)41-29-33-43-38(35-41)28-32-45-42-30-26-37(34-36(42)27-31-46(43)45)44-18-13-23-51-54(44)57-50-22-10-9-21-49(50)56-51/h1-35H. The number of benzene rings is 10. The van der Waals surface area contributed by atoms with Gasteiger partial charge in [0.15, 0.2) is 0 Å². The Morgan fingerprint density at radius 2 is 0.879 bits per heavy atom. The smallest absolute Gasteiger partial charge is 0.0972 e. The zero-order valence-corrected chi connectivity index (χ0v) is 31.5. The van der Waals surface area contributed by atoms with Crippen LogP contribution in [0.3, 0.4) is 0 Å². The number of nitrogens with zero attached hydrogens (tertiary/aromatic N) is 3. The van der Waals surface area contributed by atoms with Crippen molar-refractivity contribution in [1.29, 1.82) is 0 Å². The minimum atomic E-state index is -0.491. The molecule has 12 rings (SSSR count). The molecule has 58 heavy (non-hydrogen) atoms. The van der Waals surface area contributed by atoms with Crippen LogP contribution in [-0.4, -0.2) is 9.97 Å². The van der Waals surface area contributed by atoms with Crippen LogP contribution in [0, 0.1) is 0 Å². The maximum atomic E-state index is 5.05. The highest BCUT2D eigenvalue weighted by Gasteiger charge is 2.46. The molecule has 3 heteroatoms. The van der Waals surface area contributed by atoms with E-state index in [1.807, 2.05) is 24.3 Å². The summed E-state index contributed by atoms with van der Waals surface area (Å²) in [5.41, 5.74) is 13.9. The molecule has 0 fully saturated rings. The van der Waals surface area contributed by atoms with E-state index in [1.54, 1.807) is 0 Å². The molecule has 0 N–H and O–H groups in total. The number of fused-ring (bicyclic) bond motifs is 9. The third-order valence-corrected chi connectivity index (χ3v) is 12.3. The van der Waals surface area contributed by atoms with Crippen LogP contribution in [-0.2, 0) is 5.41 Å². The first kappa shape index (κ1) is 32.6. The minimum absolute atomic E-state index is 0.491. The Bertz CT molecular complexity index is 3320. The van der Waals surface area contributed by atoms with Crippen LogP contribution in [0.5, 0.6) is 0 Å². The lowest BCUT2D eigenvalue weighted by molar-refractivity contribution is 0.731. The average molecular weight is 738 g/mol. The summed E-state index contributed by atoms with van der Waals surface area (Å²) >= 11 is 0. The molecule has 0 amide bonds. The fraction of sp³-hybridized carbons (Fsp3) is 0.0182. The van der Waals surface area contributed by atoms with E-state index in [0.717, 1.165) is 38.9 Å². The van der Waals surface area contributed by atoms with Crippen molar-refractivity contribution in [3.05, 3.63) is 235 Å². The summed E-state index contributed by atoms with van der Waals surface area (Å²) in [5, 5.41) is 7.38. The molecular formula is C55H35N3. The first-order valence-electron chi connectivity index (χ1n) is 19.9. The van der Waals surface area contributed by atoms with Crippen LogP contribution < -0.4 is 4.90 Å². The normalized spacial score (nSPS) is 13.3. The molecule has 1 aromatic heterocycles. The molecule has 0 saturated heterocycles. The maximum Gasteiger partial charge on any atom is 0.0972 e. The van der Waals surface area contributed by atoms with Gasteiger partial charge < -0.3 is 4.90 Å². The molecule has 0 atom stereocenters. The van der Waals surface area contributed by atoms with Crippen molar-refractivity contribution in [2.45, 2.75) is 5.41 Å². The first-order chi connectivity index (χ1) is 28.8. The largest absolute Gasteiger partial charge is 0.310 e. The molecule has 2 heterocycles. The molecule has 3 nitrogen and oxygen atoms in total. The number of hydrogen-bond donors (Lipinski definition) is 0. The van der Waals surface area contributed by atoms with Crippen molar-refractivity contribution in [1.82, 2.24) is 9.97 Å². The summed E-state index contributed by atoms with van der Waals surface area (Å²) in [6, 6.07) is 77.2. The summed E-state index contributed by atoms with van der Waals surface area (Å²) < 4.78 is 0. The summed E-state index contributed by atoms with van der Waals surface area (Å²) in [6.45, 7) is 0. The predicted molar refractivity (Wildman–Crippen MR) is 242 cm³/mol. The number of para-hydroxylation sites is 5. The van der Waals surface area contributed by atoms with Gasteiger partial charge in [-0.2, -0.15) is 0 Å². The van der Waals surface area contributed by atoms with E-state index >= 15 is 0 Å². The van der Waals surface area contributed by atoms with Gasteiger partial charge in [-0.1, -0.05) is 164 Å². The van der Waals surface area contributed by atoms with Crippen LogP contribution >= 0.6 is 0 Å². The Kier molecular flexibility index (Phi) is 7.14. The highest BCUT2D eigenvalue weighted by molar-refractivity contribution is 6.18. The molecule has 0 bridgehead atoms. The number of anilines is 3. The number of hydrogen-bond acceptors (Lipinski definition) is 3. The van der Waals surface area contributed by atoms with Crippen LogP contribution in [0.4, 0.5) is 17.1 Å². The van der Waals surface area contributed by atoms with E-state index in [0.29, 0.717) is 0 Å². The molecule has 1 aliphatic heterocycles. The van der Waals surface area contributed by atoms with E-state index in [-0.39, 0.29) is 0 Å². The molecule has 0 radical (unpaired) electrons. The first-order valence-corrected chi connectivity index (χ1v) is 19.9. The molecule has 10 aromatic carbocycles. The summed E-state index contributed by atoms with van der Waals surface area (Å²) in [5.74, 6) is 0. The number of aromatic nitrogens is 2. The van der Waals surface area contributed by atoms with Crippen molar-refractivity contribution in [2.75, 3.05) is 4.90 Å². The van der Waals surface area contributed by atoms with Crippen molar-refractivity contribution in [2.24, 2.45) is 0 Å². The highest BCUT2D eigenvalue weighted by Crippen LogP contribution is 2.57. The van der Waals surface area contributed by atoms with Crippen LogP contribution in [0.2, 0.25) is 0 Å². The molecule has 0 spiro atoms. The molecular weight excluding hydrogens is 703 g/mol. The maximum absolute atomic E-state index is 5.05. The second-order valence-electron chi connectivity index (χ2n) is 15.3. The van der Waals surface area contributed by atoms with Gasteiger partial charge in [0, 0.05) is 11.3 Å². The van der Waals surface area contributed by atoms with Gasteiger partial charge in [0.2, 0.25) is 0 Å². The number of rotatable bonds is 4. The lowest BCUT2D eigenvalue weighted by atomic mass is 9.62. The molecule has 0 aliphatic carbocycles. The van der Waals surface area contributed by atoms with E-state index in [4.69, 9.17) is 9.97 Å². The van der Waals surface area contributed by atoms with Crippen molar-refractivity contribution < 1.29 is 0 Å². The zero-order valence-electron chi connectivity index (χ0n) is 31.5. The molecule has 0 unspecified atom stereocenters. The van der Waals surface area contributed by atoms with Gasteiger partial charge >= 0.3 is 0 Å². The lowest BCUT2D eigenvalue weighted by Crippen LogP contribution is -2.37. The van der Waals surface area contributed by atoms with Gasteiger partial charge in [0.05, 0.1) is 38.9 Å². The predicted octanol–water partition coefficient (Wildman–Crippen LogP) is 14.1. The molecule has 11 aromatic rings. The second-order valence-corrected chi connectivity index (χ2v) is 15.3. The lowest BCUT2D eigenvalue weighted by Gasteiger charge is -2.46. The van der Waals surface area contributed by atoms with Crippen LogP contribution in [0.1, 0.15) is 22.3 Å². The average Bonchev–Trinajstić information content (AvgIpc) is 3.30. The zero-order chi connectivity index (χ0) is 38.2.